The lowest BCUT2D eigenvalue weighted by molar-refractivity contribution is -0.120. The Morgan fingerprint density at radius 2 is 1.82 bits per heavy atom. The maximum Gasteiger partial charge on any atom is 0.239 e. The van der Waals surface area contributed by atoms with Crippen LogP contribution in [-0.4, -0.2) is 38.1 Å². The van der Waals surface area contributed by atoms with Gasteiger partial charge in [0.1, 0.15) is 5.82 Å². The van der Waals surface area contributed by atoms with Gasteiger partial charge in [0.15, 0.2) is 0 Å². The van der Waals surface area contributed by atoms with Gasteiger partial charge in [-0.05, 0) is 68.0 Å². The van der Waals surface area contributed by atoms with E-state index < -0.39 is 0 Å². The highest BCUT2D eigenvalue weighted by Gasteiger charge is 2.23. The van der Waals surface area contributed by atoms with Crippen LogP contribution in [0.5, 0.6) is 0 Å². The first-order valence-electron chi connectivity index (χ1n) is 10.3. The lowest BCUT2D eigenvalue weighted by Crippen LogP contribution is -2.47. The Morgan fingerprint density at radius 3 is 2.61 bits per heavy atom. The Kier molecular flexibility index (Phi) is 5.79. The number of anilines is 2. The third-order valence-corrected chi connectivity index (χ3v) is 5.82. The number of nitrogens with one attached hydrogen (secondary N) is 1. The number of aryl methyl sites for hydroxylation is 1. The Labute approximate surface area is 166 Å². The van der Waals surface area contributed by atoms with Crippen molar-refractivity contribution in [1.82, 2.24) is 5.32 Å². The fourth-order valence-electron chi connectivity index (χ4n) is 4.33. The molecule has 2 aromatic carbocycles. The zero-order chi connectivity index (χ0) is 19.3. The van der Waals surface area contributed by atoms with Crippen molar-refractivity contribution in [2.24, 2.45) is 0 Å². The van der Waals surface area contributed by atoms with Crippen molar-refractivity contribution >= 4 is 17.3 Å². The number of hydrogen-bond donors (Lipinski definition) is 1. The minimum atomic E-state index is -0.199. The smallest absolute Gasteiger partial charge is 0.239 e. The van der Waals surface area contributed by atoms with E-state index in [4.69, 9.17) is 0 Å². The summed E-state index contributed by atoms with van der Waals surface area (Å²) in [5.74, 6) is -0.134. The molecule has 4 rings (SSSR count). The highest BCUT2D eigenvalue weighted by atomic mass is 19.1. The van der Waals surface area contributed by atoms with E-state index in [1.807, 2.05) is 12.1 Å². The van der Waals surface area contributed by atoms with Gasteiger partial charge < -0.3 is 15.1 Å². The molecule has 1 fully saturated rings. The fraction of sp³-hybridized carbons (Fsp3) is 0.435. The maximum atomic E-state index is 13.6. The van der Waals surface area contributed by atoms with Crippen LogP contribution in [0.1, 0.15) is 31.2 Å². The topological polar surface area (TPSA) is 35.6 Å². The van der Waals surface area contributed by atoms with Crippen molar-refractivity contribution in [2.45, 2.75) is 38.1 Å². The van der Waals surface area contributed by atoms with Crippen LogP contribution in [-0.2, 0) is 11.2 Å². The molecule has 0 atom stereocenters. The van der Waals surface area contributed by atoms with Gasteiger partial charge in [0.05, 0.1) is 6.54 Å². The number of rotatable bonds is 4. The summed E-state index contributed by atoms with van der Waals surface area (Å²) in [7, 11) is 0. The minimum Gasteiger partial charge on any atom is -0.371 e. The molecule has 0 aliphatic carbocycles. The highest BCUT2D eigenvalue weighted by Crippen LogP contribution is 2.27. The number of nitrogens with zero attached hydrogens (tertiary/aromatic N) is 2. The molecule has 0 spiro atoms. The summed E-state index contributed by atoms with van der Waals surface area (Å²) in [5.41, 5.74) is 3.27. The standard InChI is InChI=1S/C23H28FN3O/c24-19-9-10-22-18(16-19)6-4-5-13-27(22)17-23(28)25-20-11-14-26(15-12-20)21-7-2-1-3-8-21/h1-3,7-10,16,20H,4-6,11-15,17H2,(H,25,28). The Balaban J connectivity index is 1.32. The summed E-state index contributed by atoms with van der Waals surface area (Å²) < 4.78 is 13.6. The van der Waals surface area contributed by atoms with Crippen molar-refractivity contribution in [1.29, 1.82) is 0 Å². The van der Waals surface area contributed by atoms with E-state index in [0.717, 1.165) is 63.0 Å². The van der Waals surface area contributed by atoms with E-state index in [1.165, 1.54) is 11.8 Å². The van der Waals surface area contributed by atoms with Gasteiger partial charge >= 0.3 is 0 Å². The third kappa shape index (κ3) is 4.46. The molecule has 28 heavy (non-hydrogen) atoms. The number of amides is 1. The van der Waals surface area contributed by atoms with Gasteiger partial charge in [-0.3, -0.25) is 4.79 Å². The average Bonchev–Trinajstić information content (AvgIpc) is 2.91. The first-order valence-corrected chi connectivity index (χ1v) is 10.3. The average molecular weight is 381 g/mol. The molecule has 0 unspecified atom stereocenters. The molecule has 2 aromatic rings. The molecular formula is C23H28FN3O. The maximum absolute atomic E-state index is 13.6. The van der Waals surface area contributed by atoms with Gasteiger partial charge in [-0.15, -0.1) is 0 Å². The normalized spacial score (nSPS) is 17.8. The minimum absolute atomic E-state index is 0.0651. The Hall–Kier alpha value is -2.56. The van der Waals surface area contributed by atoms with Crippen LogP contribution in [0.15, 0.2) is 48.5 Å². The molecule has 5 heteroatoms. The number of halogens is 1. The number of benzene rings is 2. The summed E-state index contributed by atoms with van der Waals surface area (Å²) in [4.78, 5) is 17.2. The number of hydrogen-bond acceptors (Lipinski definition) is 3. The van der Waals surface area contributed by atoms with Gasteiger partial charge in [0, 0.05) is 37.1 Å². The molecular weight excluding hydrogens is 353 g/mol. The monoisotopic (exact) mass is 381 g/mol. The summed E-state index contributed by atoms with van der Waals surface area (Å²) >= 11 is 0. The van der Waals surface area contributed by atoms with Crippen LogP contribution >= 0.6 is 0 Å². The van der Waals surface area contributed by atoms with Crippen molar-refractivity contribution in [3.63, 3.8) is 0 Å². The molecule has 1 amide bonds. The van der Waals surface area contributed by atoms with Crippen LogP contribution in [0.25, 0.3) is 0 Å². The molecule has 0 saturated carbocycles. The zero-order valence-electron chi connectivity index (χ0n) is 16.2. The predicted octanol–water partition coefficient (Wildman–Crippen LogP) is 3.75. The van der Waals surface area contributed by atoms with Crippen molar-refractivity contribution in [3.8, 4) is 0 Å². The second-order valence-corrected chi connectivity index (χ2v) is 7.82. The van der Waals surface area contributed by atoms with Crippen LogP contribution in [0.2, 0.25) is 0 Å². The number of fused-ring (bicyclic) bond motifs is 1. The molecule has 2 aliphatic heterocycles. The summed E-state index contributed by atoms with van der Waals surface area (Å²) in [6.07, 6.45) is 4.86. The lowest BCUT2D eigenvalue weighted by atomic mass is 10.0. The highest BCUT2D eigenvalue weighted by molar-refractivity contribution is 5.82. The molecule has 2 aliphatic rings. The molecule has 0 aromatic heterocycles. The molecule has 1 saturated heterocycles. The third-order valence-electron chi connectivity index (χ3n) is 5.82. The van der Waals surface area contributed by atoms with E-state index in [0.29, 0.717) is 6.54 Å². The molecule has 4 nitrogen and oxygen atoms in total. The molecule has 0 bridgehead atoms. The Morgan fingerprint density at radius 1 is 1.04 bits per heavy atom. The van der Waals surface area contributed by atoms with Crippen molar-refractivity contribution in [2.75, 3.05) is 36.0 Å². The summed E-state index contributed by atoms with van der Waals surface area (Å²) in [6, 6.07) is 15.6. The van der Waals surface area contributed by atoms with Crippen LogP contribution < -0.4 is 15.1 Å². The van der Waals surface area contributed by atoms with Crippen LogP contribution in [0.3, 0.4) is 0 Å². The molecule has 1 N–H and O–H groups in total. The van der Waals surface area contributed by atoms with Gasteiger partial charge in [-0.1, -0.05) is 18.2 Å². The zero-order valence-corrected chi connectivity index (χ0v) is 16.2. The lowest BCUT2D eigenvalue weighted by Gasteiger charge is -2.34. The SMILES string of the molecule is O=C(CN1CCCCc2cc(F)ccc21)NC1CCN(c2ccccc2)CC1. The van der Waals surface area contributed by atoms with Gasteiger partial charge in [-0.25, -0.2) is 4.39 Å². The number of carbonyl (C=O) groups is 1. The first-order chi connectivity index (χ1) is 13.7. The van der Waals surface area contributed by atoms with E-state index in [-0.39, 0.29) is 17.8 Å². The van der Waals surface area contributed by atoms with Gasteiger partial charge in [-0.2, -0.15) is 0 Å². The molecule has 0 radical (unpaired) electrons. The van der Waals surface area contributed by atoms with Crippen LogP contribution in [0.4, 0.5) is 15.8 Å². The quantitative estimate of drug-likeness (QED) is 0.876. The van der Waals surface area contributed by atoms with Gasteiger partial charge in [0.25, 0.3) is 0 Å². The van der Waals surface area contributed by atoms with Crippen LogP contribution in [0, 0.1) is 5.82 Å². The second-order valence-electron chi connectivity index (χ2n) is 7.82. The summed E-state index contributed by atoms with van der Waals surface area (Å²) in [5, 5.41) is 3.22. The largest absolute Gasteiger partial charge is 0.371 e. The fourth-order valence-corrected chi connectivity index (χ4v) is 4.33. The molecule has 148 valence electrons. The predicted molar refractivity (Wildman–Crippen MR) is 111 cm³/mol. The van der Waals surface area contributed by atoms with E-state index in [2.05, 4.69) is 39.4 Å². The number of piperidine rings is 1. The summed E-state index contributed by atoms with van der Waals surface area (Å²) in [6.45, 7) is 3.11. The van der Waals surface area contributed by atoms with Crippen molar-refractivity contribution in [3.05, 3.63) is 59.9 Å². The molecule has 2 heterocycles. The second kappa shape index (κ2) is 8.63. The van der Waals surface area contributed by atoms with Gasteiger partial charge in [0.2, 0.25) is 5.91 Å². The van der Waals surface area contributed by atoms with Crippen molar-refractivity contribution < 1.29 is 9.18 Å². The Bertz CT molecular complexity index is 803. The van der Waals surface area contributed by atoms with E-state index >= 15 is 0 Å². The van der Waals surface area contributed by atoms with E-state index in [9.17, 15) is 9.18 Å². The number of para-hydroxylation sites is 1. The number of carbonyl (C=O) groups excluding carboxylic acids is 1. The first kappa shape index (κ1) is 18.8. The van der Waals surface area contributed by atoms with E-state index in [1.54, 1.807) is 6.07 Å².